The van der Waals surface area contributed by atoms with Crippen LogP contribution in [0.25, 0.3) is 0 Å². The van der Waals surface area contributed by atoms with Gasteiger partial charge in [0.2, 0.25) is 17.7 Å². The van der Waals surface area contributed by atoms with Gasteiger partial charge in [-0.3, -0.25) is 14.4 Å². The zero-order valence-corrected chi connectivity index (χ0v) is 13.7. The second kappa shape index (κ2) is 16.5. The standard InChI is InChI=1S/C12H24N2O2.C3H7NO/c1-3-5-6-7-8-9-11(15)14-10-12(16)13-4-2;1-2-3(4)5/h3-10H2,1-2H3,(H,13,16)(H,14,15);2H2,1H3,(H2,4,5). The van der Waals surface area contributed by atoms with Crippen molar-refractivity contribution in [2.75, 3.05) is 13.1 Å². The third-order valence-corrected chi connectivity index (χ3v) is 2.68. The molecule has 0 saturated heterocycles. The maximum atomic E-state index is 11.3. The van der Waals surface area contributed by atoms with Crippen molar-refractivity contribution in [1.29, 1.82) is 0 Å². The highest BCUT2D eigenvalue weighted by atomic mass is 16.2. The number of amides is 3. The molecule has 0 heterocycles. The zero-order chi connectivity index (χ0) is 16.5. The number of nitrogens with one attached hydrogen (secondary N) is 2. The second-order valence-corrected chi connectivity index (χ2v) is 4.71. The van der Waals surface area contributed by atoms with Crippen LogP contribution in [-0.4, -0.2) is 30.8 Å². The summed E-state index contributed by atoms with van der Waals surface area (Å²) in [6.07, 6.45) is 6.64. The summed E-state index contributed by atoms with van der Waals surface area (Å²) >= 11 is 0. The smallest absolute Gasteiger partial charge is 0.239 e. The van der Waals surface area contributed by atoms with Crippen LogP contribution >= 0.6 is 0 Å². The topological polar surface area (TPSA) is 101 Å². The van der Waals surface area contributed by atoms with Crippen LogP contribution in [0, 0.1) is 0 Å². The van der Waals surface area contributed by atoms with Gasteiger partial charge >= 0.3 is 0 Å². The predicted octanol–water partition coefficient (Wildman–Crippen LogP) is 1.48. The third-order valence-electron chi connectivity index (χ3n) is 2.68. The number of hydrogen-bond donors (Lipinski definition) is 3. The fraction of sp³-hybridized carbons (Fsp3) is 0.800. The maximum Gasteiger partial charge on any atom is 0.239 e. The number of carbonyl (C=O) groups excluding carboxylic acids is 3. The summed E-state index contributed by atoms with van der Waals surface area (Å²) in [7, 11) is 0. The van der Waals surface area contributed by atoms with Crippen molar-refractivity contribution in [1.82, 2.24) is 10.6 Å². The number of unbranched alkanes of at least 4 members (excludes halogenated alkanes) is 4. The van der Waals surface area contributed by atoms with Gasteiger partial charge in [-0.25, -0.2) is 0 Å². The Hall–Kier alpha value is -1.59. The van der Waals surface area contributed by atoms with E-state index in [1.165, 1.54) is 19.3 Å². The predicted molar refractivity (Wildman–Crippen MR) is 84.6 cm³/mol. The lowest BCUT2D eigenvalue weighted by Crippen LogP contribution is -2.36. The molecule has 0 rings (SSSR count). The van der Waals surface area contributed by atoms with Crippen molar-refractivity contribution in [3.63, 3.8) is 0 Å². The van der Waals surface area contributed by atoms with Crippen LogP contribution in [0.2, 0.25) is 0 Å². The van der Waals surface area contributed by atoms with E-state index < -0.39 is 0 Å². The lowest BCUT2D eigenvalue weighted by molar-refractivity contribution is -0.126. The Morgan fingerprint density at radius 1 is 0.857 bits per heavy atom. The van der Waals surface area contributed by atoms with E-state index in [1.54, 1.807) is 6.92 Å². The molecule has 0 bridgehead atoms. The van der Waals surface area contributed by atoms with E-state index in [0.29, 0.717) is 19.4 Å². The highest BCUT2D eigenvalue weighted by Gasteiger charge is 2.03. The fourth-order valence-corrected chi connectivity index (χ4v) is 1.42. The first-order valence-corrected chi connectivity index (χ1v) is 7.79. The quantitative estimate of drug-likeness (QED) is 0.533. The Balaban J connectivity index is 0. The molecular weight excluding hydrogens is 270 g/mol. The van der Waals surface area contributed by atoms with Crippen molar-refractivity contribution in [3.05, 3.63) is 0 Å². The molecule has 0 aromatic carbocycles. The summed E-state index contributed by atoms with van der Waals surface area (Å²) in [5.74, 6) is -0.394. The van der Waals surface area contributed by atoms with E-state index in [2.05, 4.69) is 23.3 Å². The van der Waals surface area contributed by atoms with Gasteiger partial charge in [0, 0.05) is 19.4 Å². The van der Waals surface area contributed by atoms with Crippen LogP contribution in [0.15, 0.2) is 0 Å². The second-order valence-electron chi connectivity index (χ2n) is 4.71. The highest BCUT2D eigenvalue weighted by Crippen LogP contribution is 2.04. The first-order valence-electron chi connectivity index (χ1n) is 7.79. The maximum absolute atomic E-state index is 11.3. The van der Waals surface area contributed by atoms with Crippen LogP contribution in [0.5, 0.6) is 0 Å². The Bertz CT molecular complexity index is 294. The van der Waals surface area contributed by atoms with Gasteiger partial charge in [0.25, 0.3) is 0 Å². The Kier molecular flexibility index (Phi) is 17.0. The summed E-state index contributed by atoms with van der Waals surface area (Å²) in [6, 6.07) is 0. The van der Waals surface area contributed by atoms with Crippen molar-refractivity contribution in [2.24, 2.45) is 5.73 Å². The molecule has 0 radical (unpaired) electrons. The Morgan fingerprint density at radius 3 is 1.90 bits per heavy atom. The van der Waals surface area contributed by atoms with Gasteiger partial charge in [-0.2, -0.15) is 0 Å². The van der Waals surface area contributed by atoms with Crippen LogP contribution < -0.4 is 16.4 Å². The molecule has 21 heavy (non-hydrogen) atoms. The van der Waals surface area contributed by atoms with Crippen LogP contribution in [-0.2, 0) is 14.4 Å². The van der Waals surface area contributed by atoms with Crippen LogP contribution in [0.1, 0.15) is 65.7 Å². The van der Waals surface area contributed by atoms with Crippen LogP contribution in [0.3, 0.4) is 0 Å². The molecule has 0 spiro atoms. The van der Waals surface area contributed by atoms with Crippen molar-refractivity contribution >= 4 is 17.7 Å². The Labute approximate surface area is 128 Å². The van der Waals surface area contributed by atoms with Gasteiger partial charge in [-0.15, -0.1) is 0 Å². The van der Waals surface area contributed by atoms with Crippen molar-refractivity contribution < 1.29 is 14.4 Å². The van der Waals surface area contributed by atoms with E-state index in [1.807, 2.05) is 6.92 Å². The van der Waals surface area contributed by atoms with Gasteiger partial charge in [0.15, 0.2) is 0 Å². The summed E-state index contributed by atoms with van der Waals surface area (Å²) < 4.78 is 0. The monoisotopic (exact) mass is 301 g/mol. The third kappa shape index (κ3) is 20.9. The largest absolute Gasteiger partial charge is 0.370 e. The van der Waals surface area contributed by atoms with Gasteiger partial charge in [-0.05, 0) is 13.3 Å². The van der Waals surface area contributed by atoms with Crippen molar-refractivity contribution in [3.8, 4) is 0 Å². The summed E-state index contributed by atoms with van der Waals surface area (Å²) in [5.41, 5.74) is 4.65. The summed E-state index contributed by atoms with van der Waals surface area (Å²) in [5, 5.41) is 5.24. The molecule has 0 aliphatic heterocycles. The number of carbonyl (C=O) groups is 3. The molecule has 0 saturated carbocycles. The molecule has 6 heteroatoms. The van der Waals surface area contributed by atoms with E-state index >= 15 is 0 Å². The Morgan fingerprint density at radius 2 is 1.43 bits per heavy atom. The van der Waals surface area contributed by atoms with E-state index in [0.717, 1.165) is 12.8 Å². The first kappa shape index (κ1) is 21.7. The molecule has 0 unspecified atom stereocenters. The number of rotatable bonds is 10. The molecule has 0 aliphatic carbocycles. The molecule has 0 atom stereocenters. The molecule has 3 amide bonds. The average Bonchev–Trinajstić information content (AvgIpc) is 2.46. The van der Waals surface area contributed by atoms with Gasteiger partial charge < -0.3 is 16.4 Å². The molecule has 6 nitrogen and oxygen atoms in total. The summed E-state index contributed by atoms with van der Waals surface area (Å²) in [4.78, 5) is 31.9. The average molecular weight is 301 g/mol. The highest BCUT2D eigenvalue weighted by molar-refractivity contribution is 5.84. The van der Waals surface area contributed by atoms with Gasteiger partial charge in [-0.1, -0.05) is 39.5 Å². The van der Waals surface area contributed by atoms with Crippen molar-refractivity contribution in [2.45, 2.75) is 65.7 Å². The van der Waals surface area contributed by atoms with E-state index in [9.17, 15) is 14.4 Å². The number of likely N-dealkylation sites (N-methyl/N-ethyl adjacent to an activating group) is 1. The first-order chi connectivity index (χ1) is 9.97. The van der Waals surface area contributed by atoms with E-state index in [-0.39, 0.29) is 24.3 Å². The molecule has 0 aliphatic rings. The molecule has 4 N–H and O–H groups in total. The zero-order valence-electron chi connectivity index (χ0n) is 13.7. The minimum absolute atomic E-state index is 0.0252. The fourth-order valence-electron chi connectivity index (χ4n) is 1.42. The minimum Gasteiger partial charge on any atom is -0.370 e. The minimum atomic E-state index is -0.245. The van der Waals surface area contributed by atoms with E-state index in [4.69, 9.17) is 0 Å². The molecule has 0 fully saturated rings. The van der Waals surface area contributed by atoms with Gasteiger partial charge in [0.1, 0.15) is 0 Å². The SMILES string of the molecule is CCC(N)=O.CCCCCCCC(=O)NCC(=O)NCC. The lowest BCUT2D eigenvalue weighted by Gasteiger charge is -2.05. The number of primary amides is 1. The number of nitrogens with two attached hydrogens (primary N) is 1. The molecule has 0 aromatic rings. The number of hydrogen-bond acceptors (Lipinski definition) is 3. The molecular formula is C15H31N3O3. The summed E-state index contributed by atoms with van der Waals surface area (Å²) in [6.45, 7) is 6.45. The normalized spacial score (nSPS) is 9.29. The molecule has 124 valence electrons. The van der Waals surface area contributed by atoms with Crippen LogP contribution in [0.4, 0.5) is 0 Å². The lowest BCUT2D eigenvalue weighted by atomic mass is 10.1. The van der Waals surface area contributed by atoms with Gasteiger partial charge in [0.05, 0.1) is 6.54 Å². The molecule has 0 aromatic heterocycles.